The van der Waals surface area contributed by atoms with Crippen LogP contribution in [0.15, 0.2) is 23.1 Å². The Kier molecular flexibility index (Phi) is 12.1. The smallest absolute Gasteiger partial charge is 0.333 e. The van der Waals surface area contributed by atoms with Crippen molar-refractivity contribution >= 4 is 47.2 Å². The summed E-state index contributed by atoms with van der Waals surface area (Å²) in [4.78, 5) is 52.8. The number of carbonyl (C=O) groups is 4. The highest BCUT2D eigenvalue weighted by molar-refractivity contribution is 7.94. The molecule has 2 aliphatic heterocycles. The fourth-order valence-corrected chi connectivity index (χ4v) is 5.65. The predicted molar refractivity (Wildman–Crippen MR) is 145 cm³/mol. The minimum atomic E-state index is -0.578. The maximum Gasteiger partial charge on any atom is 0.333 e. The summed E-state index contributed by atoms with van der Waals surface area (Å²) in [6, 6.07) is 6.00. The molecule has 1 N–H and O–H groups in total. The minimum absolute atomic E-state index is 0.0754. The highest BCUT2D eigenvalue weighted by atomic mass is 32.2. The van der Waals surface area contributed by atoms with E-state index in [-0.39, 0.29) is 30.6 Å². The van der Waals surface area contributed by atoms with Gasteiger partial charge in [0.2, 0.25) is 5.69 Å². The molecule has 40 heavy (non-hydrogen) atoms. The van der Waals surface area contributed by atoms with Crippen LogP contribution in [0.3, 0.4) is 0 Å². The number of benzene rings is 1. The lowest BCUT2D eigenvalue weighted by molar-refractivity contribution is -0.439. The Labute approximate surface area is 238 Å². The van der Waals surface area contributed by atoms with Crippen molar-refractivity contribution in [2.75, 3.05) is 13.2 Å². The molecule has 0 radical (unpaired) electrons. The molecule has 0 aliphatic carbocycles. The van der Waals surface area contributed by atoms with Crippen molar-refractivity contribution in [2.24, 2.45) is 0 Å². The zero-order valence-electron chi connectivity index (χ0n) is 23.4. The Morgan fingerprint density at radius 3 is 2.38 bits per heavy atom. The molecule has 1 fully saturated rings. The van der Waals surface area contributed by atoms with Crippen LogP contribution in [0, 0.1) is 0 Å². The molecule has 2 aliphatic rings. The largest absolute Gasteiger partial charge is 0.466 e. The molecule has 0 bridgehead atoms. The molecule has 0 saturated carbocycles. The summed E-state index contributed by atoms with van der Waals surface area (Å²) in [5, 5.41) is 12.9. The third kappa shape index (κ3) is 8.12. The molecular weight excluding hydrogens is 540 g/mol. The van der Waals surface area contributed by atoms with Gasteiger partial charge < -0.3 is 9.57 Å². The fraction of sp³-hybridized carbons (Fsp3) is 0.607. The number of ether oxygens (including phenoxy) is 1. The van der Waals surface area contributed by atoms with E-state index < -0.39 is 17.8 Å². The van der Waals surface area contributed by atoms with E-state index in [0.717, 1.165) is 73.3 Å². The molecule has 0 spiro atoms. The van der Waals surface area contributed by atoms with Gasteiger partial charge in [0.25, 0.3) is 11.8 Å². The third-order valence-electron chi connectivity index (χ3n) is 7.54. The lowest BCUT2D eigenvalue weighted by atomic mass is 9.76. The van der Waals surface area contributed by atoms with Crippen LogP contribution in [-0.4, -0.2) is 57.5 Å². The van der Waals surface area contributed by atoms with Gasteiger partial charge in [-0.2, -0.15) is 4.58 Å². The summed E-state index contributed by atoms with van der Waals surface area (Å²) >= 11 is 0.922. The Hall–Kier alpha value is -2.80. The molecule has 0 aromatic heterocycles. The van der Waals surface area contributed by atoms with Crippen molar-refractivity contribution in [3.8, 4) is 0 Å². The molecule has 11 nitrogen and oxygen atoms in total. The first-order valence-corrected chi connectivity index (χ1v) is 14.6. The highest BCUT2D eigenvalue weighted by Crippen LogP contribution is 2.44. The number of hydroxylamine groups is 2. The quantitative estimate of drug-likeness (QED) is 0.0501. The Bertz CT molecular complexity index is 1110. The number of imide groups is 1. The highest BCUT2D eigenvalue weighted by Gasteiger charge is 2.46. The van der Waals surface area contributed by atoms with Gasteiger partial charge in [-0.3, -0.25) is 14.4 Å². The SMILES string of the molecule is CCOC(=O)CCCCC[N+]1=C(C)C(C)(CCCCCC(=O)ON2C(=O)CCC2=O)c2cc(SOOO)ccc21. The van der Waals surface area contributed by atoms with Crippen molar-refractivity contribution in [1.29, 1.82) is 0 Å². The van der Waals surface area contributed by atoms with E-state index in [1.807, 2.05) is 18.2 Å². The van der Waals surface area contributed by atoms with Crippen molar-refractivity contribution in [2.45, 2.75) is 102 Å². The number of hydrogen-bond donors (Lipinski definition) is 1. The molecular formula is C28H39N2O9S+. The van der Waals surface area contributed by atoms with E-state index in [4.69, 9.17) is 14.8 Å². The third-order valence-corrected chi connectivity index (χ3v) is 8.12. The number of amides is 2. The van der Waals surface area contributed by atoms with E-state index in [1.165, 1.54) is 5.71 Å². The van der Waals surface area contributed by atoms with Gasteiger partial charge in [-0.15, -0.1) is 9.40 Å². The van der Waals surface area contributed by atoms with Gasteiger partial charge in [-0.25, -0.2) is 10.1 Å². The number of unbranched alkanes of at least 4 members (excludes halogenated alkanes) is 4. The van der Waals surface area contributed by atoms with Gasteiger partial charge in [0.05, 0.1) is 24.1 Å². The first kappa shape index (κ1) is 31.7. The molecule has 1 atom stereocenters. The van der Waals surface area contributed by atoms with Crippen LogP contribution in [0.2, 0.25) is 0 Å². The van der Waals surface area contributed by atoms with Gasteiger partial charge in [0.1, 0.15) is 6.54 Å². The van der Waals surface area contributed by atoms with Gasteiger partial charge in [-0.1, -0.05) is 17.9 Å². The molecule has 2 amide bonds. The monoisotopic (exact) mass is 579 g/mol. The van der Waals surface area contributed by atoms with E-state index in [2.05, 4.69) is 27.8 Å². The van der Waals surface area contributed by atoms with Crippen LogP contribution in [0.1, 0.15) is 97.0 Å². The molecule has 1 aromatic carbocycles. The van der Waals surface area contributed by atoms with E-state index >= 15 is 0 Å². The second kappa shape index (κ2) is 15.3. The Morgan fingerprint density at radius 2 is 1.70 bits per heavy atom. The van der Waals surface area contributed by atoms with Crippen LogP contribution in [-0.2, 0) is 43.5 Å². The minimum Gasteiger partial charge on any atom is -0.466 e. The topological polar surface area (TPSA) is 132 Å². The second-order valence-electron chi connectivity index (χ2n) is 10.2. The molecule has 1 aromatic rings. The van der Waals surface area contributed by atoms with Crippen molar-refractivity contribution < 1.29 is 48.0 Å². The van der Waals surface area contributed by atoms with Crippen molar-refractivity contribution in [1.82, 2.24) is 5.06 Å². The van der Waals surface area contributed by atoms with E-state index in [1.54, 1.807) is 6.92 Å². The van der Waals surface area contributed by atoms with Gasteiger partial charge in [-0.05, 0) is 51.7 Å². The summed E-state index contributed by atoms with van der Waals surface area (Å²) in [5.74, 6) is -1.69. The fourth-order valence-electron chi connectivity index (χ4n) is 5.26. The average Bonchev–Trinajstić information content (AvgIpc) is 3.35. The summed E-state index contributed by atoms with van der Waals surface area (Å²) < 4.78 is 12.0. The van der Waals surface area contributed by atoms with E-state index in [0.29, 0.717) is 24.5 Å². The average molecular weight is 580 g/mol. The standard InChI is InChI=1S/C28H38N2O9S/c1-4-36-26(33)11-8-6-10-18-29-20(2)28(3,22-19-21(40-39-38-35)13-14-23(22)29)17-9-5-7-12-27(34)37-30-24(31)15-16-25(30)32/h13-14,19H,4-12,15-18H2,1-3H3/p+1. The zero-order chi connectivity index (χ0) is 29.1. The summed E-state index contributed by atoms with van der Waals surface area (Å²) in [6.45, 7) is 7.37. The lowest BCUT2D eigenvalue weighted by Crippen LogP contribution is -2.32. The number of fused-ring (bicyclic) bond motifs is 1. The summed E-state index contributed by atoms with van der Waals surface area (Å²) in [7, 11) is 0. The number of carbonyl (C=O) groups excluding carboxylic acids is 4. The van der Waals surface area contributed by atoms with Crippen molar-refractivity contribution in [3.63, 3.8) is 0 Å². The second-order valence-corrected chi connectivity index (χ2v) is 11.0. The van der Waals surface area contributed by atoms with Crippen molar-refractivity contribution in [3.05, 3.63) is 23.8 Å². The van der Waals surface area contributed by atoms with Crippen LogP contribution in [0.4, 0.5) is 5.69 Å². The van der Waals surface area contributed by atoms with Crippen LogP contribution >= 0.6 is 12.0 Å². The summed E-state index contributed by atoms with van der Waals surface area (Å²) in [5.41, 5.74) is 3.22. The van der Waals surface area contributed by atoms with Gasteiger partial charge in [0.15, 0.2) is 5.71 Å². The molecule has 12 heteroatoms. The lowest BCUT2D eigenvalue weighted by Gasteiger charge is -2.22. The number of hydrogen-bond acceptors (Lipinski definition) is 10. The van der Waals surface area contributed by atoms with Gasteiger partial charge in [0, 0.05) is 55.6 Å². The van der Waals surface area contributed by atoms with E-state index in [9.17, 15) is 19.2 Å². The molecule has 2 heterocycles. The first-order valence-electron chi connectivity index (χ1n) is 13.8. The summed E-state index contributed by atoms with van der Waals surface area (Å²) in [6.07, 6.45) is 6.38. The molecule has 1 saturated heterocycles. The molecule has 1 unspecified atom stereocenters. The number of nitrogens with zero attached hydrogens (tertiary/aromatic N) is 2. The number of rotatable bonds is 17. The maximum absolute atomic E-state index is 12.1. The Balaban J connectivity index is 1.59. The van der Waals surface area contributed by atoms with Crippen LogP contribution in [0.5, 0.6) is 0 Å². The first-order chi connectivity index (χ1) is 19.2. The molecule has 220 valence electrons. The predicted octanol–water partition coefficient (Wildman–Crippen LogP) is 5.17. The van der Waals surface area contributed by atoms with Gasteiger partial charge >= 0.3 is 11.9 Å². The Morgan fingerprint density at radius 1 is 1.02 bits per heavy atom. The van der Waals surface area contributed by atoms with Crippen LogP contribution in [0.25, 0.3) is 0 Å². The van der Waals surface area contributed by atoms with Crippen LogP contribution < -0.4 is 0 Å². The number of esters is 1. The normalized spacial score (nSPS) is 18.4. The maximum atomic E-state index is 12.1. The zero-order valence-corrected chi connectivity index (χ0v) is 24.3. The molecule has 3 rings (SSSR count).